The third-order valence-electron chi connectivity index (χ3n) is 4.03. The van der Waals surface area contributed by atoms with Crippen LogP contribution in [0.15, 0.2) is 53.6 Å². The molecule has 1 N–H and O–H groups in total. The standard InChI is InChI=1S/C18H21N3O2S/c1-18(2,3)14-5-8-16(9-6-14)24(22,23)20-15-7-10-17-13(11-15)12-19-21(17)4/h5-12,20H,1-4H3. The summed E-state index contributed by atoms with van der Waals surface area (Å²) in [5.74, 6) is 0. The molecule has 3 rings (SSSR count). The number of aromatic nitrogens is 2. The number of hydrogen-bond acceptors (Lipinski definition) is 3. The highest BCUT2D eigenvalue weighted by Gasteiger charge is 2.18. The van der Waals surface area contributed by atoms with Gasteiger partial charge in [-0.1, -0.05) is 32.9 Å². The predicted molar refractivity (Wildman–Crippen MR) is 96.7 cm³/mol. The minimum absolute atomic E-state index is 0.0128. The molecule has 0 fully saturated rings. The van der Waals surface area contributed by atoms with Gasteiger partial charge in [0, 0.05) is 18.1 Å². The maximum absolute atomic E-state index is 12.6. The van der Waals surface area contributed by atoms with Crippen molar-refractivity contribution >= 4 is 26.6 Å². The summed E-state index contributed by atoms with van der Waals surface area (Å²) < 4.78 is 29.5. The molecular weight excluding hydrogens is 322 g/mol. The van der Waals surface area contributed by atoms with Crippen molar-refractivity contribution in [3.8, 4) is 0 Å². The molecular formula is C18H21N3O2S. The van der Waals surface area contributed by atoms with Crippen molar-refractivity contribution in [1.82, 2.24) is 9.78 Å². The fraction of sp³-hybridized carbons (Fsp3) is 0.278. The smallest absolute Gasteiger partial charge is 0.261 e. The number of nitrogens with one attached hydrogen (secondary N) is 1. The normalized spacial score (nSPS) is 12.5. The van der Waals surface area contributed by atoms with E-state index < -0.39 is 10.0 Å². The molecule has 0 atom stereocenters. The zero-order valence-electron chi connectivity index (χ0n) is 14.2. The van der Waals surface area contributed by atoms with Crippen LogP contribution in [0.25, 0.3) is 10.9 Å². The molecule has 2 aromatic carbocycles. The van der Waals surface area contributed by atoms with Crippen molar-refractivity contribution in [2.24, 2.45) is 7.05 Å². The summed E-state index contributed by atoms with van der Waals surface area (Å²) in [7, 11) is -1.76. The van der Waals surface area contributed by atoms with Crippen molar-refractivity contribution in [3.63, 3.8) is 0 Å². The van der Waals surface area contributed by atoms with Crippen LogP contribution < -0.4 is 4.72 Å². The molecule has 0 bridgehead atoms. The van der Waals surface area contributed by atoms with Crippen LogP contribution in [-0.4, -0.2) is 18.2 Å². The second-order valence-corrected chi connectivity index (χ2v) is 8.60. The topological polar surface area (TPSA) is 64.0 Å². The Hall–Kier alpha value is -2.34. The number of anilines is 1. The zero-order valence-corrected chi connectivity index (χ0v) is 15.1. The Morgan fingerprint density at radius 3 is 2.33 bits per heavy atom. The van der Waals surface area contributed by atoms with E-state index in [2.05, 4.69) is 30.6 Å². The Kier molecular flexibility index (Phi) is 3.87. The van der Waals surface area contributed by atoms with E-state index in [1.807, 2.05) is 25.2 Å². The van der Waals surface area contributed by atoms with Crippen molar-refractivity contribution in [2.45, 2.75) is 31.1 Å². The van der Waals surface area contributed by atoms with Gasteiger partial charge in [-0.3, -0.25) is 9.40 Å². The van der Waals surface area contributed by atoms with E-state index >= 15 is 0 Å². The first kappa shape index (κ1) is 16.5. The minimum Gasteiger partial charge on any atom is -0.280 e. The van der Waals surface area contributed by atoms with Crippen LogP contribution in [0.1, 0.15) is 26.3 Å². The SMILES string of the molecule is Cn1ncc2cc(NS(=O)(=O)c3ccc(C(C)(C)C)cc3)ccc21. The van der Waals surface area contributed by atoms with Gasteiger partial charge in [0.15, 0.2) is 0 Å². The van der Waals surface area contributed by atoms with Crippen molar-refractivity contribution in [1.29, 1.82) is 0 Å². The average molecular weight is 343 g/mol. The highest BCUT2D eigenvalue weighted by atomic mass is 32.2. The van der Waals surface area contributed by atoms with Crippen molar-refractivity contribution < 1.29 is 8.42 Å². The van der Waals surface area contributed by atoms with Gasteiger partial charge in [-0.2, -0.15) is 5.10 Å². The second-order valence-electron chi connectivity index (χ2n) is 6.92. The molecule has 0 unspecified atom stereocenters. The molecule has 0 saturated heterocycles. The van der Waals surface area contributed by atoms with E-state index in [0.29, 0.717) is 5.69 Å². The molecule has 24 heavy (non-hydrogen) atoms. The summed E-state index contributed by atoms with van der Waals surface area (Å²) in [5.41, 5.74) is 2.56. The van der Waals surface area contributed by atoms with Crippen LogP contribution in [0.2, 0.25) is 0 Å². The summed E-state index contributed by atoms with van der Waals surface area (Å²) >= 11 is 0. The molecule has 5 nitrogen and oxygen atoms in total. The Labute approximate surface area is 142 Å². The number of aryl methyl sites for hydroxylation is 1. The lowest BCUT2D eigenvalue weighted by atomic mass is 9.87. The molecule has 0 aliphatic carbocycles. The molecule has 1 aromatic heterocycles. The largest absolute Gasteiger partial charge is 0.280 e. The Balaban J connectivity index is 1.89. The fourth-order valence-electron chi connectivity index (χ4n) is 2.58. The molecule has 0 radical (unpaired) electrons. The Bertz CT molecular complexity index is 981. The maximum Gasteiger partial charge on any atom is 0.261 e. The quantitative estimate of drug-likeness (QED) is 0.789. The molecule has 6 heteroatoms. The Morgan fingerprint density at radius 1 is 1.04 bits per heavy atom. The highest BCUT2D eigenvalue weighted by Crippen LogP contribution is 2.25. The third-order valence-corrected chi connectivity index (χ3v) is 5.43. The maximum atomic E-state index is 12.6. The number of hydrogen-bond donors (Lipinski definition) is 1. The molecule has 126 valence electrons. The van der Waals surface area contributed by atoms with Gasteiger partial charge in [-0.25, -0.2) is 8.42 Å². The lowest BCUT2D eigenvalue weighted by Gasteiger charge is -2.19. The van der Waals surface area contributed by atoms with E-state index in [1.54, 1.807) is 35.1 Å². The molecule has 0 amide bonds. The van der Waals surface area contributed by atoms with Crippen molar-refractivity contribution in [3.05, 3.63) is 54.2 Å². The second kappa shape index (κ2) is 5.63. The van der Waals surface area contributed by atoms with Crippen LogP contribution in [0.3, 0.4) is 0 Å². The van der Waals surface area contributed by atoms with Gasteiger partial charge in [0.2, 0.25) is 0 Å². The first-order valence-corrected chi connectivity index (χ1v) is 9.20. The molecule has 0 spiro atoms. The Morgan fingerprint density at radius 2 is 1.71 bits per heavy atom. The minimum atomic E-state index is -3.61. The van der Waals surface area contributed by atoms with Gasteiger partial charge in [0.05, 0.1) is 16.6 Å². The molecule has 3 aromatic rings. The number of nitrogens with zero attached hydrogens (tertiary/aromatic N) is 2. The predicted octanol–water partition coefficient (Wildman–Crippen LogP) is 3.67. The van der Waals surface area contributed by atoms with Gasteiger partial charge in [0.1, 0.15) is 0 Å². The van der Waals surface area contributed by atoms with E-state index in [9.17, 15) is 8.42 Å². The van der Waals surface area contributed by atoms with Crippen LogP contribution in [-0.2, 0) is 22.5 Å². The van der Waals surface area contributed by atoms with Crippen molar-refractivity contribution in [2.75, 3.05) is 4.72 Å². The number of benzene rings is 2. The third kappa shape index (κ3) is 3.14. The summed E-state index contributed by atoms with van der Waals surface area (Å²) in [6.07, 6.45) is 1.71. The first-order chi connectivity index (χ1) is 11.2. The summed E-state index contributed by atoms with van der Waals surface area (Å²) in [5, 5.41) is 5.05. The van der Waals surface area contributed by atoms with Gasteiger partial charge in [0.25, 0.3) is 10.0 Å². The fourth-order valence-corrected chi connectivity index (χ4v) is 3.62. The first-order valence-electron chi connectivity index (χ1n) is 7.72. The molecule has 0 aliphatic heterocycles. The number of fused-ring (bicyclic) bond motifs is 1. The van der Waals surface area contributed by atoms with E-state index in [1.165, 1.54) is 0 Å². The highest BCUT2D eigenvalue weighted by molar-refractivity contribution is 7.92. The average Bonchev–Trinajstić information content (AvgIpc) is 2.87. The van der Waals surface area contributed by atoms with E-state index in [4.69, 9.17) is 0 Å². The van der Waals surface area contributed by atoms with E-state index in [0.717, 1.165) is 16.5 Å². The van der Waals surface area contributed by atoms with Crippen LogP contribution in [0.5, 0.6) is 0 Å². The van der Waals surface area contributed by atoms with Gasteiger partial charge in [-0.05, 0) is 41.3 Å². The lowest BCUT2D eigenvalue weighted by Crippen LogP contribution is -2.14. The molecule has 1 heterocycles. The summed E-state index contributed by atoms with van der Waals surface area (Å²) in [4.78, 5) is 0.252. The van der Waals surface area contributed by atoms with Crippen LogP contribution >= 0.6 is 0 Å². The van der Waals surface area contributed by atoms with Gasteiger partial charge in [-0.15, -0.1) is 0 Å². The van der Waals surface area contributed by atoms with Gasteiger partial charge < -0.3 is 0 Å². The van der Waals surface area contributed by atoms with Crippen LogP contribution in [0, 0.1) is 0 Å². The number of rotatable bonds is 3. The zero-order chi connectivity index (χ0) is 17.5. The molecule has 0 saturated carbocycles. The molecule has 0 aliphatic rings. The summed E-state index contributed by atoms with van der Waals surface area (Å²) in [6.45, 7) is 6.29. The van der Waals surface area contributed by atoms with Crippen LogP contribution in [0.4, 0.5) is 5.69 Å². The monoisotopic (exact) mass is 343 g/mol. The van der Waals surface area contributed by atoms with E-state index in [-0.39, 0.29) is 10.3 Å². The van der Waals surface area contributed by atoms with Gasteiger partial charge >= 0.3 is 0 Å². The number of sulfonamides is 1. The lowest BCUT2D eigenvalue weighted by molar-refractivity contribution is 0.587. The summed E-state index contributed by atoms with van der Waals surface area (Å²) in [6, 6.07) is 12.4.